The van der Waals surface area contributed by atoms with Crippen LogP contribution in [0.15, 0.2) is 60.8 Å². The average molecular weight is 351 g/mol. The highest BCUT2D eigenvalue weighted by Gasteiger charge is 2.37. The molecule has 4 nitrogen and oxygen atoms in total. The third-order valence-corrected chi connectivity index (χ3v) is 4.78. The van der Waals surface area contributed by atoms with E-state index < -0.39 is 11.4 Å². The number of nitrogens with zero attached hydrogens (tertiary/aromatic N) is 2. The van der Waals surface area contributed by atoms with Crippen molar-refractivity contribution in [1.29, 1.82) is 0 Å². The van der Waals surface area contributed by atoms with E-state index in [9.17, 15) is 13.6 Å². The minimum absolute atomic E-state index is 0.300. The molecule has 0 spiro atoms. The van der Waals surface area contributed by atoms with Crippen LogP contribution in [0, 0.1) is 11.6 Å². The Hall–Kier alpha value is -3.28. The van der Waals surface area contributed by atoms with Gasteiger partial charge in [0.1, 0.15) is 11.6 Å². The highest BCUT2D eigenvalue weighted by atomic mass is 19.1. The van der Waals surface area contributed by atoms with Crippen molar-refractivity contribution in [3.8, 4) is 0 Å². The zero-order chi connectivity index (χ0) is 18.3. The lowest BCUT2D eigenvalue weighted by molar-refractivity contribution is 0.246. The Morgan fingerprint density at radius 3 is 2.23 bits per heavy atom. The highest BCUT2D eigenvalue weighted by Crippen LogP contribution is 2.41. The highest BCUT2D eigenvalue weighted by molar-refractivity contribution is 5.77. The van der Waals surface area contributed by atoms with Gasteiger partial charge in [-0.05, 0) is 35.4 Å². The number of allylic oxidation sites excluding steroid dienone is 1. The summed E-state index contributed by atoms with van der Waals surface area (Å²) in [6.45, 7) is 0. The minimum Gasteiger partial charge on any atom is -0.350 e. The molecular formula is C20H15F2N3O. The van der Waals surface area contributed by atoms with Crippen LogP contribution in [0.2, 0.25) is 0 Å². The number of carbonyl (C=O) groups excluding carboxylic acids is 1. The summed E-state index contributed by atoms with van der Waals surface area (Å²) in [4.78, 5) is 11.7. The van der Waals surface area contributed by atoms with Gasteiger partial charge in [-0.3, -0.25) is 0 Å². The standard InChI is InChI=1S/C20H15F2N3O/c21-16-5-1-3-14(9-16)20(15-4-2-6-17(22)10-15)8-7-13-12-24-25(19(23)26)18(13)11-20/h1-10,12H,11H2,(H2,23,26). The number of halogens is 2. The molecule has 26 heavy (non-hydrogen) atoms. The molecule has 1 aliphatic rings. The van der Waals surface area contributed by atoms with Gasteiger partial charge in [0.05, 0.1) is 11.9 Å². The van der Waals surface area contributed by atoms with E-state index >= 15 is 0 Å². The van der Waals surface area contributed by atoms with Gasteiger partial charge in [0, 0.05) is 17.4 Å². The van der Waals surface area contributed by atoms with Crippen LogP contribution in [-0.2, 0) is 11.8 Å². The van der Waals surface area contributed by atoms with Gasteiger partial charge < -0.3 is 5.73 Å². The van der Waals surface area contributed by atoms with Crippen molar-refractivity contribution in [3.63, 3.8) is 0 Å². The third kappa shape index (κ3) is 2.50. The molecule has 0 saturated heterocycles. The van der Waals surface area contributed by atoms with E-state index in [4.69, 9.17) is 5.73 Å². The zero-order valence-corrected chi connectivity index (χ0v) is 13.7. The van der Waals surface area contributed by atoms with Crippen molar-refractivity contribution in [2.45, 2.75) is 11.8 Å². The normalized spacial score (nSPS) is 14.8. The van der Waals surface area contributed by atoms with Crippen molar-refractivity contribution < 1.29 is 13.6 Å². The number of amides is 1. The SMILES string of the molecule is NC(=O)n1ncc2c1CC(c1cccc(F)c1)(c1cccc(F)c1)C=C2. The van der Waals surface area contributed by atoms with Crippen molar-refractivity contribution in [2.24, 2.45) is 5.73 Å². The summed E-state index contributed by atoms with van der Waals surface area (Å²) in [6.07, 6.45) is 5.55. The molecule has 2 N–H and O–H groups in total. The molecule has 0 saturated carbocycles. The van der Waals surface area contributed by atoms with Crippen LogP contribution < -0.4 is 5.73 Å². The van der Waals surface area contributed by atoms with E-state index in [2.05, 4.69) is 5.10 Å². The summed E-state index contributed by atoms with van der Waals surface area (Å²) in [7, 11) is 0. The number of aromatic nitrogens is 2. The molecule has 0 unspecified atom stereocenters. The Balaban J connectivity index is 1.96. The fraction of sp³-hybridized carbons (Fsp3) is 0.100. The second-order valence-corrected chi connectivity index (χ2v) is 6.30. The molecule has 0 bridgehead atoms. The lowest BCUT2D eigenvalue weighted by Crippen LogP contribution is -2.34. The largest absolute Gasteiger partial charge is 0.350 e. The minimum atomic E-state index is -0.843. The molecule has 1 aromatic heterocycles. The molecule has 1 amide bonds. The molecule has 1 aliphatic carbocycles. The van der Waals surface area contributed by atoms with Crippen LogP contribution >= 0.6 is 0 Å². The second-order valence-electron chi connectivity index (χ2n) is 6.30. The first-order valence-electron chi connectivity index (χ1n) is 8.08. The number of primary amides is 1. The molecule has 2 aromatic carbocycles. The summed E-state index contributed by atoms with van der Waals surface area (Å²) in [5.74, 6) is -0.776. The molecule has 130 valence electrons. The Kier molecular flexibility index (Phi) is 3.68. The molecule has 3 aromatic rings. The number of hydrogen-bond donors (Lipinski definition) is 1. The van der Waals surface area contributed by atoms with Gasteiger partial charge in [0.2, 0.25) is 0 Å². The van der Waals surface area contributed by atoms with E-state index in [-0.39, 0.29) is 11.6 Å². The fourth-order valence-corrected chi connectivity index (χ4v) is 3.54. The van der Waals surface area contributed by atoms with E-state index in [1.807, 2.05) is 6.08 Å². The van der Waals surface area contributed by atoms with Crippen LogP contribution in [0.3, 0.4) is 0 Å². The van der Waals surface area contributed by atoms with Gasteiger partial charge in [0.25, 0.3) is 0 Å². The Morgan fingerprint density at radius 2 is 1.69 bits per heavy atom. The fourth-order valence-electron chi connectivity index (χ4n) is 3.54. The van der Waals surface area contributed by atoms with Crippen molar-refractivity contribution in [3.05, 3.63) is 94.8 Å². The molecule has 4 rings (SSSR count). The van der Waals surface area contributed by atoms with Crippen molar-refractivity contribution >= 4 is 12.1 Å². The first kappa shape index (κ1) is 16.2. The first-order chi connectivity index (χ1) is 12.5. The quantitative estimate of drug-likeness (QED) is 0.766. The maximum Gasteiger partial charge on any atom is 0.339 e. The number of benzene rings is 2. The number of carbonyl (C=O) groups is 1. The monoisotopic (exact) mass is 351 g/mol. The van der Waals surface area contributed by atoms with Crippen LogP contribution in [0.25, 0.3) is 6.08 Å². The summed E-state index contributed by atoms with van der Waals surface area (Å²) in [6, 6.07) is 11.6. The predicted molar refractivity (Wildman–Crippen MR) is 93.5 cm³/mol. The van der Waals surface area contributed by atoms with Crippen molar-refractivity contribution in [1.82, 2.24) is 9.78 Å². The third-order valence-electron chi connectivity index (χ3n) is 4.78. The predicted octanol–water partition coefficient (Wildman–Crippen LogP) is 3.64. The van der Waals surface area contributed by atoms with Gasteiger partial charge in [-0.2, -0.15) is 9.78 Å². The molecule has 0 fully saturated rings. The first-order valence-corrected chi connectivity index (χ1v) is 8.08. The Labute approximate surface area is 148 Å². The van der Waals surface area contributed by atoms with E-state index in [1.54, 1.807) is 36.5 Å². The van der Waals surface area contributed by atoms with E-state index in [0.717, 1.165) is 10.2 Å². The van der Waals surface area contributed by atoms with Gasteiger partial charge in [-0.15, -0.1) is 0 Å². The summed E-state index contributed by atoms with van der Waals surface area (Å²) in [5.41, 5.74) is 7.24. The van der Waals surface area contributed by atoms with Crippen LogP contribution in [0.1, 0.15) is 22.4 Å². The van der Waals surface area contributed by atoms with E-state index in [0.29, 0.717) is 23.2 Å². The molecular weight excluding hydrogens is 336 g/mol. The number of nitrogens with two attached hydrogens (primary N) is 1. The smallest absolute Gasteiger partial charge is 0.339 e. The van der Waals surface area contributed by atoms with Crippen molar-refractivity contribution in [2.75, 3.05) is 0 Å². The van der Waals surface area contributed by atoms with Gasteiger partial charge in [0.15, 0.2) is 0 Å². The maximum atomic E-state index is 13.9. The molecule has 0 atom stereocenters. The maximum absolute atomic E-state index is 13.9. The van der Waals surface area contributed by atoms with Crippen LogP contribution in [0.5, 0.6) is 0 Å². The average Bonchev–Trinajstić information content (AvgIpc) is 3.04. The lowest BCUT2D eigenvalue weighted by atomic mass is 9.68. The number of rotatable bonds is 2. The van der Waals surface area contributed by atoms with Crippen LogP contribution in [0.4, 0.5) is 13.6 Å². The van der Waals surface area contributed by atoms with Gasteiger partial charge in [-0.1, -0.05) is 36.4 Å². The van der Waals surface area contributed by atoms with Gasteiger partial charge >= 0.3 is 6.03 Å². The molecule has 1 heterocycles. The molecule has 0 aliphatic heterocycles. The summed E-state index contributed by atoms with van der Waals surface area (Å²) in [5, 5.41) is 4.03. The topological polar surface area (TPSA) is 60.9 Å². The number of fused-ring (bicyclic) bond motifs is 1. The Bertz CT molecular complexity index is 994. The summed E-state index contributed by atoms with van der Waals surface area (Å²) < 4.78 is 29.0. The molecule has 0 radical (unpaired) electrons. The van der Waals surface area contributed by atoms with Crippen LogP contribution in [-0.4, -0.2) is 15.8 Å². The zero-order valence-electron chi connectivity index (χ0n) is 13.7. The Morgan fingerprint density at radius 1 is 1.08 bits per heavy atom. The van der Waals surface area contributed by atoms with E-state index in [1.165, 1.54) is 24.3 Å². The second kappa shape index (κ2) is 5.91. The summed E-state index contributed by atoms with van der Waals surface area (Å²) >= 11 is 0. The molecule has 6 heteroatoms. The van der Waals surface area contributed by atoms with Gasteiger partial charge in [-0.25, -0.2) is 13.6 Å². The lowest BCUT2D eigenvalue weighted by Gasteiger charge is -2.35. The number of hydrogen-bond acceptors (Lipinski definition) is 2.